The van der Waals surface area contributed by atoms with Crippen molar-refractivity contribution < 1.29 is 0 Å². The molecule has 18 heavy (non-hydrogen) atoms. The first kappa shape index (κ1) is 13.5. The molecule has 0 radical (unpaired) electrons. The second-order valence-corrected chi connectivity index (χ2v) is 6.38. The molecule has 0 aliphatic carbocycles. The molecule has 10 heteroatoms. The zero-order valence-electron chi connectivity index (χ0n) is 9.59. The van der Waals surface area contributed by atoms with Crippen LogP contribution >= 0.6 is 39.0 Å². The molecule has 2 aromatic rings. The molecular formula is C8H10BrN7S2. The summed E-state index contributed by atoms with van der Waals surface area (Å²) in [6, 6.07) is 0. The highest BCUT2D eigenvalue weighted by Gasteiger charge is 2.11. The van der Waals surface area contributed by atoms with Crippen molar-refractivity contribution in [2.24, 2.45) is 5.84 Å². The van der Waals surface area contributed by atoms with E-state index in [2.05, 4.69) is 41.5 Å². The van der Waals surface area contributed by atoms with Crippen molar-refractivity contribution in [3.05, 3.63) is 10.7 Å². The molecule has 0 aliphatic rings. The maximum absolute atomic E-state index is 5.27. The van der Waals surface area contributed by atoms with Gasteiger partial charge >= 0.3 is 0 Å². The van der Waals surface area contributed by atoms with E-state index in [1.165, 1.54) is 23.1 Å². The number of anilines is 2. The number of hydrogen-bond acceptors (Lipinski definition) is 9. The average molecular weight is 348 g/mol. The largest absolute Gasteiger partial charge is 0.353 e. The van der Waals surface area contributed by atoms with Crippen molar-refractivity contribution in [2.45, 2.75) is 9.37 Å². The lowest BCUT2D eigenvalue weighted by molar-refractivity contribution is 0.965. The van der Waals surface area contributed by atoms with E-state index in [0.717, 1.165) is 19.0 Å². The van der Waals surface area contributed by atoms with Gasteiger partial charge in [0.1, 0.15) is 5.03 Å². The third kappa shape index (κ3) is 3.07. The van der Waals surface area contributed by atoms with Crippen LogP contribution in [-0.4, -0.2) is 34.3 Å². The highest BCUT2D eigenvalue weighted by Crippen LogP contribution is 2.35. The van der Waals surface area contributed by atoms with Crippen LogP contribution in [0.3, 0.4) is 0 Å². The molecule has 3 N–H and O–H groups in total. The third-order valence-corrected chi connectivity index (χ3v) is 4.79. The zero-order valence-corrected chi connectivity index (χ0v) is 12.8. The highest BCUT2D eigenvalue weighted by molar-refractivity contribution is 9.10. The van der Waals surface area contributed by atoms with E-state index in [0.29, 0.717) is 5.95 Å². The molecule has 0 spiro atoms. The Bertz CT molecular complexity index is 544. The van der Waals surface area contributed by atoms with Crippen molar-refractivity contribution in [3.63, 3.8) is 0 Å². The number of nitrogens with zero attached hydrogens (tertiary/aromatic N) is 5. The highest BCUT2D eigenvalue weighted by atomic mass is 79.9. The van der Waals surface area contributed by atoms with Crippen molar-refractivity contribution in [1.82, 2.24) is 20.2 Å². The van der Waals surface area contributed by atoms with Gasteiger partial charge in [-0.05, 0) is 27.7 Å². The maximum Gasteiger partial charge on any atom is 0.238 e. The lowest BCUT2D eigenvalue weighted by Crippen LogP contribution is -2.10. The molecule has 2 rings (SSSR count). The van der Waals surface area contributed by atoms with Crippen molar-refractivity contribution in [1.29, 1.82) is 0 Å². The molecule has 0 aromatic carbocycles. The van der Waals surface area contributed by atoms with Crippen LogP contribution in [0.4, 0.5) is 11.1 Å². The monoisotopic (exact) mass is 347 g/mol. The summed E-state index contributed by atoms with van der Waals surface area (Å²) in [6.45, 7) is 0. The van der Waals surface area contributed by atoms with Crippen LogP contribution in [0.15, 0.2) is 20.0 Å². The first-order chi connectivity index (χ1) is 8.60. The minimum absolute atomic E-state index is 0.359. The number of nitrogens with one attached hydrogen (secondary N) is 1. The maximum atomic E-state index is 5.27. The average Bonchev–Trinajstić information content (AvgIpc) is 2.81. The fourth-order valence-electron chi connectivity index (χ4n) is 1.000. The Labute approximate surface area is 120 Å². The van der Waals surface area contributed by atoms with E-state index in [9.17, 15) is 0 Å². The Morgan fingerprint density at radius 2 is 2.22 bits per heavy atom. The second kappa shape index (κ2) is 5.78. The van der Waals surface area contributed by atoms with Gasteiger partial charge in [-0.1, -0.05) is 11.3 Å². The minimum atomic E-state index is 0.359. The predicted molar refractivity (Wildman–Crippen MR) is 75.9 cm³/mol. The number of hydrazine groups is 1. The summed E-state index contributed by atoms with van der Waals surface area (Å²) in [7, 11) is 3.85. The summed E-state index contributed by atoms with van der Waals surface area (Å²) in [5.74, 6) is 5.63. The van der Waals surface area contributed by atoms with E-state index in [1.807, 2.05) is 19.0 Å². The number of rotatable bonds is 4. The lowest BCUT2D eigenvalue weighted by Gasteiger charge is -2.04. The second-order valence-electron chi connectivity index (χ2n) is 3.34. The molecule has 2 heterocycles. The number of halogens is 1. The van der Waals surface area contributed by atoms with Crippen LogP contribution < -0.4 is 16.2 Å². The van der Waals surface area contributed by atoms with Crippen molar-refractivity contribution >= 4 is 50.1 Å². The van der Waals surface area contributed by atoms with Gasteiger partial charge in [0.05, 0.1) is 4.47 Å². The van der Waals surface area contributed by atoms with Crippen LogP contribution in [0.2, 0.25) is 0 Å². The van der Waals surface area contributed by atoms with Gasteiger partial charge in [0.2, 0.25) is 11.1 Å². The molecular weight excluding hydrogens is 338 g/mol. The van der Waals surface area contributed by atoms with Gasteiger partial charge in [-0.25, -0.2) is 15.8 Å². The summed E-state index contributed by atoms with van der Waals surface area (Å²) in [6.07, 6.45) is 1.64. The SMILES string of the molecule is CN(C)c1nnc(Sc2nc(NN)ncc2Br)s1. The summed E-state index contributed by atoms with van der Waals surface area (Å²) in [5.41, 5.74) is 2.41. The van der Waals surface area contributed by atoms with Gasteiger partial charge in [0.15, 0.2) is 4.34 Å². The first-order valence-electron chi connectivity index (χ1n) is 4.78. The van der Waals surface area contributed by atoms with Crippen LogP contribution in [0.25, 0.3) is 0 Å². The molecule has 7 nitrogen and oxygen atoms in total. The number of nitrogen functional groups attached to an aromatic ring is 1. The molecule has 0 bridgehead atoms. The molecule has 2 aromatic heterocycles. The fraction of sp³-hybridized carbons (Fsp3) is 0.250. The van der Waals surface area contributed by atoms with Gasteiger partial charge < -0.3 is 4.90 Å². The molecule has 0 amide bonds. The van der Waals surface area contributed by atoms with E-state index in [4.69, 9.17) is 5.84 Å². The zero-order chi connectivity index (χ0) is 13.1. The fourth-order valence-corrected chi connectivity index (χ4v) is 3.09. The van der Waals surface area contributed by atoms with Crippen LogP contribution in [-0.2, 0) is 0 Å². The van der Waals surface area contributed by atoms with Crippen LogP contribution in [0.5, 0.6) is 0 Å². The number of aromatic nitrogens is 4. The molecule has 0 saturated carbocycles. The smallest absolute Gasteiger partial charge is 0.238 e. The van der Waals surface area contributed by atoms with Crippen molar-refractivity contribution in [2.75, 3.05) is 24.4 Å². The van der Waals surface area contributed by atoms with Gasteiger partial charge in [0.25, 0.3) is 0 Å². The topological polar surface area (TPSA) is 92.9 Å². The Morgan fingerprint density at radius 1 is 1.44 bits per heavy atom. The van der Waals surface area contributed by atoms with Gasteiger partial charge in [-0.3, -0.25) is 5.43 Å². The molecule has 0 fully saturated rings. The summed E-state index contributed by atoms with van der Waals surface area (Å²) >= 11 is 6.28. The van der Waals surface area contributed by atoms with Crippen molar-refractivity contribution in [3.8, 4) is 0 Å². The minimum Gasteiger partial charge on any atom is -0.353 e. The first-order valence-corrected chi connectivity index (χ1v) is 7.20. The number of nitrogens with two attached hydrogens (primary N) is 1. The number of hydrogen-bond donors (Lipinski definition) is 2. The third-order valence-electron chi connectivity index (χ3n) is 1.80. The Morgan fingerprint density at radius 3 is 2.83 bits per heavy atom. The Kier molecular flexibility index (Phi) is 4.32. The standard InChI is InChI=1S/C8H10BrN7S2/c1-16(2)7-14-15-8(18-7)17-5-4(9)3-11-6(12-5)13-10/h3H,10H2,1-2H3,(H,11,12,13). The molecule has 0 unspecified atom stereocenters. The summed E-state index contributed by atoms with van der Waals surface area (Å²) in [4.78, 5) is 10.1. The molecule has 0 saturated heterocycles. The summed E-state index contributed by atoms with van der Waals surface area (Å²) < 4.78 is 1.59. The van der Waals surface area contributed by atoms with E-state index in [-0.39, 0.29) is 0 Å². The molecule has 96 valence electrons. The Balaban J connectivity index is 2.22. The Hall–Kier alpha value is -0.970. The predicted octanol–water partition coefficient (Wildman–Crippen LogP) is 1.59. The van der Waals surface area contributed by atoms with Gasteiger partial charge in [-0.2, -0.15) is 0 Å². The van der Waals surface area contributed by atoms with E-state index < -0.39 is 0 Å². The van der Waals surface area contributed by atoms with E-state index >= 15 is 0 Å². The molecule has 0 aliphatic heterocycles. The van der Waals surface area contributed by atoms with Crippen LogP contribution in [0, 0.1) is 0 Å². The van der Waals surface area contributed by atoms with E-state index in [1.54, 1.807) is 6.20 Å². The quantitative estimate of drug-likeness (QED) is 0.489. The van der Waals surface area contributed by atoms with Gasteiger partial charge in [0, 0.05) is 20.3 Å². The summed E-state index contributed by atoms with van der Waals surface area (Å²) in [5, 5.41) is 9.73. The van der Waals surface area contributed by atoms with Crippen LogP contribution in [0.1, 0.15) is 0 Å². The van der Waals surface area contributed by atoms with Gasteiger partial charge in [-0.15, -0.1) is 10.2 Å². The molecule has 0 atom stereocenters. The lowest BCUT2D eigenvalue weighted by atomic mass is 10.7. The normalized spacial score (nSPS) is 10.4.